The van der Waals surface area contributed by atoms with E-state index in [0.717, 1.165) is 12.3 Å². The molecule has 0 aliphatic rings. The van der Waals surface area contributed by atoms with Crippen LogP contribution in [0.3, 0.4) is 0 Å². The predicted octanol–water partition coefficient (Wildman–Crippen LogP) is 2.37. The largest absolute Gasteiger partial charge is 0.497 e. The van der Waals surface area contributed by atoms with Gasteiger partial charge in [0, 0.05) is 12.5 Å². The minimum atomic E-state index is 0.218. The molecule has 0 saturated heterocycles. The van der Waals surface area contributed by atoms with Gasteiger partial charge in [0.15, 0.2) is 0 Å². The zero-order valence-corrected chi connectivity index (χ0v) is 9.29. The summed E-state index contributed by atoms with van der Waals surface area (Å²) in [6.07, 6.45) is 6.04. The fraction of sp³-hybridized carbons (Fsp3) is 0.385. The van der Waals surface area contributed by atoms with Crippen LogP contribution in [-0.2, 0) is 0 Å². The molecule has 0 aromatic heterocycles. The van der Waals surface area contributed by atoms with E-state index in [1.165, 1.54) is 5.56 Å². The number of hydrogen-bond donors (Lipinski definition) is 1. The highest BCUT2D eigenvalue weighted by atomic mass is 16.5. The van der Waals surface area contributed by atoms with E-state index in [4.69, 9.17) is 11.2 Å². The zero-order chi connectivity index (χ0) is 11.1. The maximum Gasteiger partial charge on any atom is 0.119 e. The first-order valence-electron chi connectivity index (χ1n) is 5.12. The van der Waals surface area contributed by atoms with Crippen molar-refractivity contribution in [3.05, 3.63) is 29.8 Å². The Balaban J connectivity index is 2.85. The Morgan fingerprint density at radius 2 is 2.33 bits per heavy atom. The van der Waals surface area contributed by atoms with E-state index in [-0.39, 0.29) is 6.04 Å². The Kier molecular flexibility index (Phi) is 4.73. The van der Waals surface area contributed by atoms with Crippen molar-refractivity contribution in [3.63, 3.8) is 0 Å². The highest BCUT2D eigenvalue weighted by Crippen LogP contribution is 2.21. The third-order valence-electron chi connectivity index (χ3n) is 2.27. The highest BCUT2D eigenvalue weighted by molar-refractivity contribution is 5.31. The number of terminal acetylenes is 1. The smallest absolute Gasteiger partial charge is 0.119 e. The lowest BCUT2D eigenvalue weighted by Crippen LogP contribution is -2.20. The maximum atomic E-state index is 5.35. The highest BCUT2D eigenvalue weighted by Gasteiger charge is 2.08. The summed E-state index contributed by atoms with van der Waals surface area (Å²) >= 11 is 0. The molecule has 2 heteroatoms. The minimum Gasteiger partial charge on any atom is -0.497 e. The average molecular weight is 203 g/mol. The third kappa shape index (κ3) is 3.30. The van der Waals surface area contributed by atoms with E-state index >= 15 is 0 Å². The molecule has 2 nitrogen and oxygen atoms in total. The van der Waals surface area contributed by atoms with Crippen molar-refractivity contribution in [2.75, 3.05) is 13.7 Å². The first kappa shape index (κ1) is 11.6. The summed E-state index contributed by atoms with van der Waals surface area (Å²) < 4.78 is 5.18. The first-order valence-corrected chi connectivity index (χ1v) is 5.12. The molecule has 0 bridgehead atoms. The summed E-state index contributed by atoms with van der Waals surface area (Å²) in [4.78, 5) is 0. The van der Waals surface area contributed by atoms with E-state index < -0.39 is 0 Å². The van der Waals surface area contributed by atoms with E-state index in [1.807, 2.05) is 18.2 Å². The van der Waals surface area contributed by atoms with Crippen molar-refractivity contribution >= 4 is 0 Å². The molecule has 0 amide bonds. The molecule has 0 aliphatic heterocycles. The molecule has 1 unspecified atom stereocenters. The number of ether oxygens (including phenoxy) is 1. The number of methoxy groups -OCH3 is 1. The Morgan fingerprint density at radius 1 is 1.53 bits per heavy atom. The predicted molar refractivity (Wildman–Crippen MR) is 62.9 cm³/mol. The van der Waals surface area contributed by atoms with Crippen molar-refractivity contribution in [1.82, 2.24) is 5.32 Å². The van der Waals surface area contributed by atoms with Crippen LogP contribution in [0.5, 0.6) is 5.75 Å². The SMILES string of the molecule is C#CCC(NCC)c1cccc(OC)c1. The van der Waals surface area contributed by atoms with E-state index in [2.05, 4.69) is 24.2 Å². The van der Waals surface area contributed by atoms with Crippen molar-refractivity contribution in [1.29, 1.82) is 0 Å². The molecule has 1 N–H and O–H groups in total. The summed E-state index contributed by atoms with van der Waals surface area (Å²) in [7, 11) is 1.67. The molecule has 0 fully saturated rings. The summed E-state index contributed by atoms with van der Waals surface area (Å²) in [6, 6.07) is 8.21. The summed E-state index contributed by atoms with van der Waals surface area (Å²) in [5, 5.41) is 3.35. The van der Waals surface area contributed by atoms with E-state index in [0.29, 0.717) is 6.42 Å². The second-order valence-corrected chi connectivity index (χ2v) is 3.30. The molecule has 1 atom stereocenters. The second kappa shape index (κ2) is 6.10. The molecule has 80 valence electrons. The van der Waals surface area contributed by atoms with Crippen molar-refractivity contribution in [2.45, 2.75) is 19.4 Å². The molecule has 0 aliphatic carbocycles. The lowest BCUT2D eigenvalue weighted by Gasteiger charge is -2.16. The van der Waals surface area contributed by atoms with Gasteiger partial charge < -0.3 is 10.1 Å². The van der Waals surface area contributed by atoms with Crippen LogP contribution in [0.4, 0.5) is 0 Å². The van der Waals surface area contributed by atoms with Crippen LogP contribution < -0.4 is 10.1 Å². The van der Waals surface area contributed by atoms with Crippen molar-refractivity contribution in [3.8, 4) is 18.1 Å². The zero-order valence-electron chi connectivity index (χ0n) is 9.29. The van der Waals surface area contributed by atoms with Gasteiger partial charge in [-0.15, -0.1) is 12.3 Å². The molecule has 0 saturated carbocycles. The number of benzene rings is 1. The minimum absolute atomic E-state index is 0.218. The third-order valence-corrected chi connectivity index (χ3v) is 2.27. The van der Waals surface area contributed by atoms with Crippen LogP contribution in [0.25, 0.3) is 0 Å². The van der Waals surface area contributed by atoms with Crippen molar-refractivity contribution in [2.24, 2.45) is 0 Å². The quantitative estimate of drug-likeness (QED) is 0.742. The van der Waals surface area contributed by atoms with Crippen molar-refractivity contribution < 1.29 is 4.74 Å². The summed E-state index contributed by atoms with van der Waals surface area (Å²) in [6.45, 7) is 2.98. The monoisotopic (exact) mass is 203 g/mol. The Labute approximate surface area is 91.6 Å². The van der Waals surface area contributed by atoms with E-state index in [1.54, 1.807) is 7.11 Å². The molecule has 0 spiro atoms. The van der Waals surface area contributed by atoms with Gasteiger partial charge in [-0.3, -0.25) is 0 Å². The normalized spacial score (nSPS) is 11.8. The van der Waals surface area contributed by atoms with Gasteiger partial charge in [0.05, 0.1) is 7.11 Å². The number of rotatable bonds is 5. The number of hydrogen-bond acceptors (Lipinski definition) is 2. The Bertz CT molecular complexity index is 341. The van der Waals surface area contributed by atoms with Gasteiger partial charge >= 0.3 is 0 Å². The molecule has 0 heterocycles. The van der Waals surface area contributed by atoms with Gasteiger partial charge in [0.25, 0.3) is 0 Å². The average Bonchev–Trinajstić information content (AvgIpc) is 2.29. The molecule has 1 aromatic carbocycles. The Hall–Kier alpha value is -1.46. The topological polar surface area (TPSA) is 21.3 Å². The first-order chi connectivity index (χ1) is 7.31. The molecule has 15 heavy (non-hydrogen) atoms. The van der Waals surface area contributed by atoms with Crippen LogP contribution in [0, 0.1) is 12.3 Å². The van der Waals surface area contributed by atoms with Gasteiger partial charge in [-0.05, 0) is 24.2 Å². The molecular formula is C13H17NO. The molecule has 1 aromatic rings. The summed E-state index contributed by atoms with van der Waals surface area (Å²) in [5.74, 6) is 3.55. The maximum absolute atomic E-state index is 5.35. The lowest BCUT2D eigenvalue weighted by atomic mass is 10.0. The molecule has 0 radical (unpaired) electrons. The second-order valence-electron chi connectivity index (χ2n) is 3.30. The fourth-order valence-corrected chi connectivity index (χ4v) is 1.53. The van der Waals surface area contributed by atoms with Gasteiger partial charge in [-0.2, -0.15) is 0 Å². The van der Waals surface area contributed by atoms with Crippen LogP contribution in [0.2, 0.25) is 0 Å². The van der Waals surface area contributed by atoms with Crippen LogP contribution in [0.1, 0.15) is 24.9 Å². The fourth-order valence-electron chi connectivity index (χ4n) is 1.53. The van der Waals surface area contributed by atoms with Gasteiger partial charge in [-0.1, -0.05) is 19.1 Å². The van der Waals surface area contributed by atoms with Crippen LogP contribution in [0.15, 0.2) is 24.3 Å². The standard InChI is InChI=1S/C13H17NO/c1-4-7-13(14-5-2)11-8-6-9-12(10-11)15-3/h1,6,8-10,13-14H,5,7H2,2-3H3. The summed E-state index contributed by atoms with van der Waals surface area (Å²) in [5.41, 5.74) is 1.18. The van der Waals surface area contributed by atoms with Gasteiger partial charge in [0.1, 0.15) is 5.75 Å². The molecule has 1 rings (SSSR count). The molecular weight excluding hydrogens is 186 g/mol. The lowest BCUT2D eigenvalue weighted by molar-refractivity contribution is 0.413. The van der Waals surface area contributed by atoms with Crippen LogP contribution >= 0.6 is 0 Å². The van der Waals surface area contributed by atoms with E-state index in [9.17, 15) is 0 Å². The number of nitrogens with one attached hydrogen (secondary N) is 1. The Morgan fingerprint density at radius 3 is 2.93 bits per heavy atom. The van der Waals surface area contributed by atoms with Crippen LogP contribution in [-0.4, -0.2) is 13.7 Å². The van der Waals surface area contributed by atoms with Gasteiger partial charge in [0.2, 0.25) is 0 Å². The van der Waals surface area contributed by atoms with Gasteiger partial charge in [-0.25, -0.2) is 0 Å².